The van der Waals surface area contributed by atoms with Crippen molar-refractivity contribution in [2.45, 2.75) is 30.4 Å². The molecule has 9 heteroatoms. The predicted molar refractivity (Wildman–Crippen MR) is 106 cm³/mol. The molecule has 2 aromatic carbocycles. The molecule has 8 nitrogen and oxygen atoms in total. The normalized spacial score (nSPS) is 16.5. The quantitative estimate of drug-likeness (QED) is 0.505. The van der Waals surface area contributed by atoms with Crippen LogP contribution in [-0.2, 0) is 21.1 Å². The molecule has 1 saturated heterocycles. The smallest absolute Gasteiger partial charge is 0.271 e. The lowest BCUT2D eigenvalue weighted by atomic mass is 10.1. The molecule has 0 aliphatic carbocycles. The molecule has 1 unspecified atom stereocenters. The van der Waals surface area contributed by atoms with Crippen LogP contribution in [0.1, 0.15) is 28.8 Å². The molecule has 29 heavy (non-hydrogen) atoms. The molecule has 0 N–H and O–H groups in total. The van der Waals surface area contributed by atoms with Gasteiger partial charge in [-0.25, -0.2) is 8.42 Å². The van der Waals surface area contributed by atoms with E-state index in [1.807, 2.05) is 30.3 Å². The molecular weight excluding hydrogens is 396 g/mol. The van der Waals surface area contributed by atoms with Gasteiger partial charge in [0, 0.05) is 43.6 Å². The molecule has 0 spiro atoms. The number of non-ortho nitro benzene ring substituents is 1. The maximum atomic E-state index is 13.2. The van der Waals surface area contributed by atoms with E-state index in [1.54, 1.807) is 4.90 Å². The minimum atomic E-state index is -3.72. The molecule has 0 radical (unpaired) electrons. The van der Waals surface area contributed by atoms with Crippen molar-refractivity contribution in [3.05, 3.63) is 69.8 Å². The Balaban J connectivity index is 1.97. The average molecular weight is 418 g/mol. The van der Waals surface area contributed by atoms with Gasteiger partial charge in [0.05, 0.1) is 15.9 Å². The predicted octanol–water partition coefficient (Wildman–Crippen LogP) is 2.82. The number of rotatable bonds is 7. The van der Waals surface area contributed by atoms with Crippen LogP contribution in [0, 0.1) is 10.1 Å². The summed E-state index contributed by atoms with van der Waals surface area (Å²) in [4.78, 5) is 25.1. The third kappa shape index (κ3) is 5.39. The second-order valence-corrected chi connectivity index (χ2v) is 9.07. The van der Waals surface area contributed by atoms with Crippen LogP contribution in [0.4, 0.5) is 5.69 Å². The van der Waals surface area contributed by atoms with Crippen molar-refractivity contribution in [1.82, 2.24) is 4.90 Å². The van der Waals surface area contributed by atoms with Gasteiger partial charge in [0.1, 0.15) is 0 Å². The first-order chi connectivity index (χ1) is 13.7. The molecule has 1 amide bonds. The molecule has 0 saturated carbocycles. The summed E-state index contributed by atoms with van der Waals surface area (Å²) in [6.45, 7) is 1.24. The van der Waals surface area contributed by atoms with Gasteiger partial charge in [-0.1, -0.05) is 30.3 Å². The summed E-state index contributed by atoms with van der Waals surface area (Å²) in [5, 5.41) is 11.3. The molecule has 1 atom stereocenters. The van der Waals surface area contributed by atoms with Gasteiger partial charge in [-0.05, 0) is 24.5 Å². The number of hydrogen-bond donors (Lipinski definition) is 0. The van der Waals surface area contributed by atoms with E-state index in [-0.39, 0.29) is 23.1 Å². The van der Waals surface area contributed by atoms with Gasteiger partial charge in [-0.3, -0.25) is 14.9 Å². The lowest BCUT2D eigenvalue weighted by molar-refractivity contribution is -0.385. The van der Waals surface area contributed by atoms with E-state index in [0.29, 0.717) is 13.2 Å². The third-order valence-corrected chi connectivity index (χ3v) is 5.82. The van der Waals surface area contributed by atoms with E-state index in [0.717, 1.165) is 36.8 Å². The highest BCUT2D eigenvalue weighted by Gasteiger charge is 2.26. The van der Waals surface area contributed by atoms with Crippen molar-refractivity contribution in [3.63, 3.8) is 0 Å². The van der Waals surface area contributed by atoms with Gasteiger partial charge < -0.3 is 9.64 Å². The number of nitrogens with zero attached hydrogens (tertiary/aromatic N) is 2. The lowest BCUT2D eigenvalue weighted by Gasteiger charge is -2.26. The van der Waals surface area contributed by atoms with Crippen molar-refractivity contribution in [3.8, 4) is 0 Å². The van der Waals surface area contributed by atoms with E-state index in [2.05, 4.69) is 0 Å². The molecule has 1 fully saturated rings. The van der Waals surface area contributed by atoms with Crippen LogP contribution in [0.25, 0.3) is 0 Å². The summed E-state index contributed by atoms with van der Waals surface area (Å²) in [6, 6.07) is 12.6. The first kappa shape index (κ1) is 20.9. The summed E-state index contributed by atoms with van der Waals surface area (Å²) >= 11 is 0. The number of nitro groups is 1. The van der Waals surface area contributed by atoms with E-state index in [9.17, 15) is 23.3 Å². The van der Waals surface area contributed by atoms with E-state index in [1.165, 1.54) is 6.07 Å². The minimum absolute atomic E-state index is 0.0337. The lowest BCUT2D eigenvalue weighted by Crippen LogP contribution is -2.37. The Morgan fingerprint density at radius 2 is 1.97 bits per heavy atom. The largest absolute Gasteiger partial charge is 0.376 e. The minimum Gasteiger partial charge on any atom is -0.376 e. The van der Waals surface area contributed by atoms with Crippen LogP contribution in [0.15, 0.2) is 53.4 Å². The molecule has 0 aromatic heterocycles. The SMILES string of the molecule is CS(=O)(=O)c1cc(C(=O)N(Cc2ccccc2)CC2CCCO2)cc([N+](=O)[O-])c1. The number of hydrogen-bond acceptors (Lipinski definition) is 6. The van der Waals surface area contributed by atoms with Crippen LogP contribution in [0.3, 0.4) is 0 Å². The molecule has 0 bridgehead atoms. The highest BCUT2D eigenvalue weighted by molar-refractivity contribution is 7.90. The zero-order valence-corrected chi connectivity index (χ0v) is 16.8. The third-order valence-electron chi connectivity index (χ3n) is 4.73. The van der Waals surface area contributed by atoms with E-state index in [4.69, 9.17) is 4.74 Å². The fourth-order valence-electron chi connectivity index (χ4n) is 3.27. The van der Waals surface area contributed by atoms with Crippen molar-refractivity contribution in [2.75, 3.05) is 19.4 Å². The Morgan fingerprint density at radius 1 is 1.24 bits per heavy atom. The van der Waals surface area contributed by atoms with Gasteiger partial charge in [-0.2, -0.15) is 0 Å². The topological polar surface area (TPSA) is 107 Å². The fourth-order valence-corrected chi connectivity index (χ4v) is 3.94. The standard InChI is InChI=1S/C20H22N2O6S/c1-29(26,27)19-11-16(10-17(12-19)22(24)25)20(23)21(14-18-8-5-9-28-18)13-15-6-3-2-4-7-15/h2-4,6-7,10-12,18H,5,8-9,13-14H2,1H3. The van der Waals surface area contributed by atoms with Crippen molar-refractivity contribution in [1.29, 1.82) is 0 Å². The first-order valence-corrected chi connectivity index (χ1v) is 11.1. The van der Waals surface area contributed by atoms with Crippen LogP contribution in [0.2, 0.25) is 0 Å². The van der Waals surface area contributed by atoms with Crippen LogP contribution < -0.4 is 0 Å². The first-order valence-electron chi connectivity index (χ1n) is 9.18. The van der Waals surface area contributed by atoms with Crippen LogP contribution >= 0.6 is 0 Å². The number of ether oxygens (including phenoxy) is 1. The summed E-state index contributed by atoms with van der Waals surface area (Å²) in [6.07, 6.45) is 2.57. The molecule has 1 aliphatic rings. The van der Waals surface area contributed by atoms with Crippen molar-refractivity contribution in [2.24, 2.45) is 0 Å². The molecular formula is C20H22N2O6S. The van der Waals surface area contributed by atoms with Gasteiger partial charge in [-0.15, -0.1) is 0 Å². The summed E-state index contributed by atoms with van der Waals surface area (Å²) < 4.78 is 29.6. The highest BCUT2D eigenvalue weighted by Crippen LogP contribution is 2.24. The van der Waals surface area contributed by atoms with Crippen molar-refractivity contribution >= 4 is 21.4 Å². The van der Waals surface area contributed by atoms with E-state index >= 15 is 0 Å². The maximum Gasteiger partial charge on any atom is 0.271 e. The Bertz CT molecular complexity index is 1000. The Morgan fingerprint density at radius 3 is 2.55 bits per heavy atom. The second kappa shape index (κ2) is 8.71. The number of carbonyl (C=O) groups is 1. The Hall–Kier alpha value is -2.78. The number of benzene rings is 2. The van der Waals surface area contributed by atoms with Gasteiger partial charge >= 0.3 is 0 Å². The molecule has 3 rings (SSSR count). The molecule has 1 heterocycles. The summed E-state index contributed by atoms with van der Waals surface area (Å²) in [5.74, 6) is -0.474. The Labute approximate surface area is 169 Å². The van der Waals surface area contributed by atoms with Gasteiger partial charge in [0.2, 0.25) is 0 Å². The van der Waals surface area contributed by atoms with Gasteiger partial charge in [0.15, 0.2) is 9.84 Å². The zero-order valence-electron chi connectivity index (χ0n) is 16.0. The Kier molecular flexibility index (Phi) is 6.29. The second-order valence-electron chi connectivity index (χ2n) is 7.05. The van der Waals surface area contributed by atoms with Gasteiger partial charge in [0.25, 0.3) is 11.6 Å². The summed E-state index contributed by atoms with van der Waals surface area (Å²) in [7, 11) is -3.72. The number of nitro benzene ring substituents is 1. The van der Waals surface area contributed by atoms with Crippen molar-refractivity contribution < 1.29 is 22.9 Å². The molecule has 2 aromatic rings. The average Bonchev–Trinajstić information content (AvgIpc) is 3.20. The highest BCUT2D eigenvalue weighted by atomic mass is 32.2. The number of sulfone groups is 1. The van der Waals surface area contributed by atoms with Crippen LogP contribution in [0.5, 0.6) is 0 Å². The van der Waals surface area contributed by atoms with Crippen LogP contribution in [-0.4, -0.2) is 49.7 Å². The number of amides is 1. The monoisotopic (exact) mass is 418 g/mol. The zero-order chi connectivity index (χ0) is 21.0. The fraction of sp³-hybridized carbons (Fsp3) is 0.350. The summed E-state index contributed by atoms with van der Waals surface area (Å²) in [5.41, 5.74) is 0.425. The van der Waals surface area contributed by atoms with E-state index < -0.39 is 26.4 Å². The maximum absolute atomic E-state index is 13.2. The molecule has 154 valence electrons. The molecule has 1 aliphatic heterocycles. The number of carbonyl (C=O) groups excluding carboxylic acids is 1.